The zero-order valence-corrected chi connectivity index (χ0v) is 7.99. The standard InChI is InChI=1S/C9H9ClF3N/c10-9-6(2-1-3-7(9)11)4-14-5-8(12)13/h1-3,8,14H,4-5H2. The molecule has 1 aromatic rings. The maximum atomic E-state index is 12.9. The number of rotatable bonds is 4. The maximum Gasteiger partial charge on any atom is 0.250 e. The predicted octanol–water partition coefficient (Wildman–Crippen LogP) is 2.83. The second-order valence-corrected chi connectivity index (χ2v) is 3.11. The molecule has 0 aliphatic carbocycles. The SMILES string of the molecule is Fc1cccc(CNCC(F)F)c1Cl. The van der Waals surface area contributed by atoms with E-state index in [4.69, 9.17) is 11.6 Å². The largest absolute Gasteiger partial charge is 0.307 e. The first kappa shape index (κ1) is 11.3. The minimum absolute atomic E-state index is 0.0192. The van der Waals surface area contributed by atoms with E-state index in [1.807, 2.05) is 0 Å². The lowest BCUT2D eigenvalue weighted by atomic mass is 10.2. The zero-order chi connectivity index (χ0) is 10.6. The van der Waals surface area contributed by atoms with E-state index in [0.29, 0.717) is 5.56 Å². The van der Waals surface area contributed by atoms with Gasteiger partial charge in [-0.05, 0) is 11.6 Å². The van der Waals surface area contributed by atoms with E-state index >= 15 is 0 Å². The third kappa shape index (κ3) is 3.20. The van der Waals surface area contributed by atoms with E-state index in [0.717, 1.165) is 0 Å². The molecule has 0 aliphatic rings. The third-order valence-corrected chi connectivity index (χ3v) is 2.07. The molecule has 5 heteroatoms. The summed E-state index contributed by atoms with van der Waals surface area (Å²) < 4.78 is 36.4. The van der Waals surface area contributed by atoms with Crippen LogP contribution >= 0.6 is 11.6 Å². The van der Waals surface area contributed by atoms with Gasteiger partial charge in [0, 0.05) is 6.54 Å². The number of hydrogen-bond donors (Lipinski definition) is 1. The number of alkyl halides is 2. The van der Waals surface area contributed by atoms with Gasteiger partial charge in [0.25, 0.3) is 6.43 Å². The van der Waals surface area contributed by atoms with Gasteiger partial charge in [0.05, 0.1) is 11.6 Å². The van der Waals surface area contributed by atoms with E-state index in [1.165, 1.54) is 12.1 Å². The molecule has 0 atom stereocenters. The lowest BCUT2D eigenvalue weighted by molar-refractivity contribution is 0.145. The summed E-state index contributed by atoms with van der Waals surface area (Å²) in [7, 11) is 0. The van der Waals surface area contributed by atoms with Crippen LogP contribution < -0.4 is 5.32 Å². The summed E-state index contributed by atoms with van der Waals surface area (Å²) in [6.45, 7) is -0.284. The van der Waals surface area contributed by atoms with Gasteiger partial charge < -0.3 is 5.32 Å². The van der Waals surface area contributed by atoms with Crippen LogP contribution in [-0.4, -0.2) is 13.0 Å². The van der Waals surface area contributed by atoms with Crippen LogP contribution in [-0.2, 0) is 6.54 Å². The molecule has 0 saturated carbocycles. The first-order valence-electron chi connectivity index (χ1n) is 4.03. The summed E-state index contributed by atoms with van der Waals surface area (Å²) in [6, 6.07) is 4.30. The Labute approximate surface area is 84.9 Å². The highest BCUT2D eigenvalue weighted by atomic mass is 35.5. The Morgan fingerprint density at radius 3 is 2.71 bits per heavy atom. The molecule has 1 nitrogen and oxygen atoms in total. The molecule has 0 amide bonds. The highest BCUT2D eigenvalue weighted by Crippen LogP contribution is 2.19. The maximum absolute atomic E-state index is 12.9. The van der Waals surface area contributed by atoms with E-state index in [2.05, 4.69) is 5.32 Å². The molecule has 0 unspecified atom stereocenters. The Balaban J connectivity index is 2.54. The molecule has 0 spiro atoms. The van der Waals surface area contributed by atoms with Crippen molar-refractivity contribution in [3.63, 3.8) is 0 Å². The average Bonchev–Trinajstić information content (AvgIpc) is 2.12. The first-order valence-corrected chi connectivity index (χ1v) is 4.41. The number of nitrogens with one attached hydrogen (secondary N) is 1. The topological polar surface area (TPSA) is 12.0 Å². The summed E-state index contributed by atoms with van der Waals surface area (Å²) in [5, 5.41) is 2.45. The molecule has 1 rings (SSSR count). The molecule has 0 saturated heterocycles. The van der Waals surface area contributed by atoms with Gasteiger partial charge in [0.2, 0.25) is 0 Å². The van der Waals surface area contributed by atoms with Crippen molar-refractivity contribution in [2.75, 3.05) is 6.54 Å². The fraction of sp³-hybridized carbons (Fsp3) is 0.333. The second kappa shape index (κ2) is 5.22. The predicted molar refractivity (Wildman–Crippen MR) is 49.1 cm³/mol. The van der Waals surface area contributed by atoms with Crippen LogP contribution in [0.5, 0.6) is 0 Å². The number of benzene rings is 1. The number of hydrogen-bond acceptors (Lipinski definition) is 1. The van der Waals surface area contributed by atoms with Gasteiger partial charge in [-0.15, -0.1) is 0 Å². The minimum atomic E-state index is -2.41. The van der Waals surface area contributed by atoms with Crippen molar-refractivity contribution in [3.8, 4) is 0 Å². The normalized spacial score (nSPS) is 10.9. The molecule has 0 aromatic heterocycles. The fourth-order valence-corrected chi connectivity index (χ4v) is 1.19. The smallest absolute Gasteiger partial charge is 0.250 e. The molecule has 0 fully saturated rings. The zero-order valence-electron chi connectivity index (χ0n) is 7.24. The van der Waals surface area contributed by atoms with Crippen molar-refractivity contribution in [1.29, 1.82) is 0 Å². The molecule has 1 aromatic carbocycles. The molecule has 14 heavy (non-hydrogen) atoms. The van der Waals surface area contributed by atoms with Crippen molar-refractivity contribution < 1.29 is 13.2 Å². The van der Waals surface area contributed by atoms with Crippen LogP contribution in [0.4, 0.5) is 13.2 Å². The van der Waals surface area contributed by atoms with E-state index in [-0.39, 0.29) is 11.6 Å². The van der Waals surface area contributed by atoms with Crippen LogP contribution in [0.3, 0.4) is 0 Å². The van der Waals surface area contributed by atoms with Crippen LogP contribution in [0.25, 0.3) is 0 Å². The van der Waals surface area contributed by atoms with E-state index in [1.54, 1.807) is 6.07 Å². The molecule has 0 heterocycles. The van der Waals surface area contributed by atoms with Gasteiger partial charge in [-0.2, -0.15) is 0 Å². The second-order valence-electron chi connectivity index (χ2n) is 2.73. The Morgan fingerprint density at radius 1 is 1.36 bits per heavy atom. The molecule has 78 valence electrons. The molecule has 1 N–H and O–H groups in total. The van der Waals surface area contributed by atoms with Gasteiger partial charge in [-0.1, -0.05) is 23.7 Å². The highest BCUT2D eigenvalue weighted by Gasteiger charge is 2.06. The summed E-state index contributed by atoms with van der Waals surface area (Å²) in [5.41, 5.74) is 0.479. The van der Waals surface area contributed by atoms with E-state index in [9.17, 15) is 13.2 Å². The van der Waals surface area contributed by atoms with Gasteiger partial charge in [0.1, 0.15) is 5.82 Å². The Hall–Kier alpha value is -0.740. The lowest BCUT2D eigenvalue weighted by Crippen LogP contribution is -2.20. The Morgan fingerprint density at radius 2 is 2.07 bits per heavy atom. The van der Waals surface area contributed by atoms with Crippen LogP contribution in [0, 0.1) is 5.82 Å². The van der Waals surface area contributed by atoms with Crippen molar-refractivity contribution in [1.82, 2.24) is 5.32 Å². The molecule has 0 bridgehead atoms. The first-order chi connectivity index (χ1) is 6.61. The number of halogens is 4. The molecule has 0 aliphatic heterocycles. The summed E-state index contributed by atoms with van der Waals surface area (Å²) in [6.07, 6.45) is -2.41. The van der Waals surface area contributed by atoms with Gasteiger partial charge in [0.15, 0.2) is 0 Å². The van der Waals surface area contributed by atoms with Crippen molar-refractivity contribution in [3.05, 3.63) is 34.6 Å². The third-order valence-electron chi connectivity index (χ3n) is 1.65. The van der Waals surface area contributed by atoms with Crippen molar-refractivity contribution in [2.24, 2.45) is 0 Å². The van der Waals surface area contributed by atoms with Crippen molar-refractivity contribution >= 4 is 11.6 Å². The summed E-state index contributed by atoms with van der Waals surface area (Å²) in [5.74, 6) is -0.539. The van der Waals surface area contributed by atoms with Crippen LogP contribution in [0.2, 0.25) is 5.02 Å². The minimum Gasteiger partial charge on any atom is -0.307 e. The van der Waals surface area contributed by atoms with E-state index < -0.39 is 18.8 Å². The average molecular weight is 224 g/mol. The molecular formula is C9H9ClF3N. The fourth-order valence-electron chi connectivity index (χ4n) is 1.00. The van der Waals surface area contributed by atoms with Crippen LogP contribution in [0.15, 0.2) is 18.2 Å². The Kier molecular flexibility index (Phi) is 4.22. The van der Waals surface area contributed by atoms with Gasteiger partial charge in [-0.3, -0.25) is 0 Å². The quantitative estimate of drug-likeness (QED) is 0.828. The summed E-state index contributed by atoms with van der Waals surface area (Å²) >= 11 is 5.61. The Bertz CT molecular complexity index is 304. The van der Waals surface area contributed by atoms with Crippen molar-refractivity contribution in [2.45, 2.75) is 13.0 Å². The monoisotopic (exact) mass is 223 g/mol. The van der Waals surface area contributed by atoms with Crippen LogP contribution in [0.1, 0.15) is 5.56 Å². The van der Waals surface area contributed by atoms with Gasteiger partial charge >= 0.3 is 0 Å². The summed E-state index contributed by atoms with van der Waals surface area (Å²) in [4.78, 5) is 0. The highest BCUT2D eigenvalue weighted by molar-refractivity contribution is 6.31. The lowest BCUT2D eigenvalue weighted by Gasteiger charge is -2.06. The molecule has 0 radical (unpaired) electrons. The van der Waals surface area contributed by atoms with Gasteiger partial charge in [-0.25, -0.2) is 13.2 Å². The molecular weight excluding hydrogens is 215 g/mol.